The van der Waals surface area contributed by atoms with E-state index in [4.69, 9.17) is 17.3 Å². The van der Waals surface area contributed by atoms with Crippen molar-refractivity contribution in [1.82, 2.24) is 14.5 Å². The van der Waals surface area contributed by atoms with E-state index in [9.17, 15) is 4.79 Å². The molecule has 0 amide bonds. The van der Waals surface area contributed by atoms with Gasteiger partial charge in [-0.3, -0.25) is 9.36 Å². The molecule has 7 heteroatoms. The Kier molecular flexibility index (Phi) is 3.17. The van der Waals surface area contributed by atoms with Gasteiger partial charge in [0.25, 0.3) is 5.56 Å². The molecule has 0 aliphatic carbocycles. The number of aryl methyl sites for hydroxylation is 2. The zero-order chi connectivity index (χ0) is 12.6. The molecule has 0 radical (unpaired) electrons. The van der Waals surface area contributed by atoms with Gasteiger partial charge in [-0.15, -0.1) is 11.3 Å². The van der Waals surface area contributed by atoms with Crippen LogP contribution in [0.15, 0.2) is 11.1 Å². The molecule has 0 unspecified atom stereocenters. The Morgan fingerprint density at radius 2 is 2.24 bits per heavy atom. The van der Waals surface area contributed by atoms with Crippen LogP contribution in [-0.4, -0.2) is 14.5 Å². The van der Waals surface area contributed by atoms with Crippen molar-refractivity contribution >= 4 is 28.6 Å². The van der Waals surface area contributed by atoms with Gasteiger partial charge >= 0.3 is 0 Å². The van der Waals surface area contributed by atoms with Crippen LogP contribution in [0.1, 0.15) is 15.6 Å². The van der Waals surface area contributed by atoms with E-state index >= 15 is 0 Å². The predicted molar refractivity (Wildman–Crippen MR) is 68.6 cm³/mol. The third-order valence-corrected chi connectivity index (χ3v) is 3.76. The summed E-state index contributed by atoms with van der Waals surface area (Å²) in [5, 5.41) is 0.892. The third kappa shape index (κ3) is 2.32. The van der Waals surface area contributed by atoms with E-state index in [2.05, 4.69) is 9.97 Å². The third-order valence-electron chi connectivity index (χ3n) is 2.40. The van der Waals surface area contributed by atoms with Gasteiger partial charge in [-0.1, -0.05) is 11.6 Å². The molecule has 0 aromatic carbocycles. The van der Waals surface area contributed by atoms with Crippen molar-refractivity contribution in [3.63, 3.8) is 0 Å². The van der Waals surface area contributed by atoms with Crippen LogP contribution in [0.5, 0.6) is 0 Å². The molecule has 2 aromatic heterocycles. The highest BCUT2D eigenvalue weighted by molar-refractivity contribution is 7.11. The first kappa shape index (κ1) is 12.1. The van der Waals surface area contributed by atoms with Gasteiger partial charge in [0.15, 0.2) is 5.15 Å². The van der Waals surface area contributed by atoms with Crippen molar-refractivity contribution in [2.45, 2.75) is 20.4 Å². The second-order valence-electron chi connectivity index (χ2n) is 3.63. The number of halogens is 1. The molecule has 2 aromatic rings. The summed E-state index contributed by atoms with van der Waals surface area (Å²) in [4.78, 5) is 21.1. The van der Waals surface area contributed by atoms with Gasteiger partial charge in [-0.25, -0.2) is 9.97 Å². The van der Waals surface area contributed by atoms with Crippen LogP contribution in [-0.2, 0) is 6.54 Å². The van der Waals surface area contributed by atoms with Crippen molar-refractivity contribution in [2.24, 2.45) is 0 Å². The quantitative estimate of drug-likeness (QED) is 0.841. The highest BCUT2D eigenvalue weighted by Crippen LogP contribution is 2.17. The van der Waals surface area contributed by atoms with Crippen LogP contribution >= 0.6 is 22.9 Å². The number of thiazole rings is 1. The molecule has 0 atom stereocenters. The first-order valence-electron chi connectivity index (χ1n) is 4.92. The Bertz CT molecular complexity index is 600. The fourth-order valence-electron chi connectivity index (χ4n) is 1.35. The molecule has 0 aliphatic heterocycles. The molecule has 90 valence electrons. The number of aromatic nitrogens is 3. The monoisotopic (exact) mass is 270 g/mol. The van der Waals surface area contributed by atoms with Crippen molar-refractivity contribution < 1.29 is 0 Å². The Morgan fingerprint density at radius 3 is 2.82 bits per heavy atom. The van der Waals surface area contributed by atoms with E-state index < -0.39 is 0 Å². The highest BCUT2D eigenvalue weighted by Gasteiger charge is 2.09. The minimum Gasteiger partial charge on any atom is -0.392 e. The molecule has 0 aliphatic rings. The van der Waals surface area contributed by atoms with E-state index in [1.807, 2.05) is 13.8 Å². The molecule has 0 saturated carbocycles. The molecule has 0 saturated heterocycles. The molecule has 2 N–H and O–H groups in total. The molecule has 17 heavy (non-hydrogen) atoms. The zero-order valence-corrected chi connectivity index (χ0v) is 11.0. The second kappa shape index (κ2) is 4.46. The lowest BCUT2D eigenvalue weighted by Crippen LogP contribution is -2.24. The van der Waals surface area contributed by atoms with E-state index in [0.29, 0.717) is 6.54 Å². The molecule has 0 spiro atoms. The smallest absolute Gasteiger partial charge is 0.278 e. The first-order chi connectivity index (χ1) is 7.99. The minimum absolute atomic E-state index is 0.0285. The number of hydrogen-bond donors (Lipinski definition) is 1. The molecule has 2 heterocycles. The lowest BCUT2D eigenvalue weighted by Gasteiger charge is -2.04. The number of anilines is 1. The second-order valence-corrected chi connectivity index (χ2v) is 5.28. The van der Waals surface area contributed by atoms with E-state index in [-0.39, 0.29) is 16.4 Å². The maximum atomic E-state index is 11.8. The summed E-state index contributed by atoms with van der Waals surface area (Å²) in [6.45, 7) is 4.30. The summed E-state index contributed by atoms with van der Waals surface area (Å²) in [7, 11) is 0. The van der Waals surface area contributed by atoms with E-state index in [0.717, 1.165) is 15.6 Å². The molecule has 5 nitrogen and oxygen atoms in total. The van der Waals surface area contributed by atoms with E-state index in [1.54, 1.807) is 11.3 Å². The van der Waals surface area contributed by atoms with Gasteiger partial charge in [0, 0.05) is 4.88 Å². The summed E-state index contributed by atoms with van der Waals surface area (Å²) in [6, 6.07) is 0. The van der Waals surface area contributed by atoms with Crippen molar-refractivity contribution in [3.8, 4) is 0 Å². The standard InChI is InChI=1S/C10H11ClN4OS/c1-5-6(2)17-7(14-5)3-15-4-13-9(11)8(12)10(15)16/h4H,3,12H2,1-2H3. The fraction of sp³-hybridized carbons (Fsp3) is 0.300. The van der Waals surface area contributed by atoms with Gasteiger partial charge in [-0.05, 0) is 13.8 Å². The van der Waals surface area contributed by atoms with Crippen LogP contribution in [0.2, 0.25) is 5.15 Å². The van der Waals surface area contributed by atoms with Crippen LogP contribution in [0.3, 0.4) is 0 Å². The number of nitrogens with zero attached hydrogens (tertiary/aromatic N) is 3. The van der Waals surface area contributed by atoms with Crippen LogP contribution < -0.4 is 11.3 Å². The van der Waals surface area contributed by atoms with Gasteiger partial charge in [0.05, 0.1) is 18.6 Å². The number of nitrogens with two attached hydrogens (primary N) is 1. The Morgan fingerprint density at radius 1 is 1.53 bits per heavy atom. The predicted octanol–water partition coefficient (Wildman–Crippen LogP) is 1.60. The van der Waals surface area contributed by atoms with Crippen LogP contribution in [0.25, 0.3) is 0 Å². The lowest BCUT2D eigenvalue weighted by atomic mass is 10.4. The maximum absolute atomic E-state index is 11.8. The molecule has 0 bridgehead atoms. The Balaban J connectivity index is 2.37. The van der Waals surface area contributed by atoms with Gasteiger partial charge in [-0.2, -0.15) is 0 Å². The average Bonchev–Trinajstić information content (AvgIpc) is 2.59. The summed E-state index contributed by atoms with van der Waals surface area (Å²) < 4.78 is 1.40. The summed E-state index contributed by atoms with van der Waals surface area (Å²) in [6.07, 6.45) is 1.38. The largest absolute Gasteiger partial charge is 0.392 e. The highest BCUT2D eigenvalue weighted by atomic mass is 35.5. The van der Waals surface area contributed by atoms with Gasteiger partial charge in [0.1, 0.15) is 10.7 Å². The number of hydrogen-bond acceptors (Lipinski definition) is 5. The normalized spacial score (nSPS) is 10.8. The Labute approximate surface area is 107 Å². The first-order valence-corrected chi connectivity index (χ1v) is 6.12. The SMILES string of the molecule is Cc1nc(Cn2cnc(Cl)c(N)c2=O)sc1C. The van der Waals surface area contributed by atoms with Gasteiger partial charge < -0.3 is 5.73 Å². The molecule has 2 rings (SSSR count). The van der Waals surface area contributed by atoms with Crippen molar-refractivity contribution in [3.05, 3.63) is 37.4 Å². The Hall–Kier alpha value is -1.40. The fourth-order valence-corrected chi connectivity index (χ4v) is 2.41. The van der Waals surface area contributed by atoms with Gasteiger partial charge in [0.2, 0.25) is 0 Å². The molecular weight excluding hydrogens is 260 g/mol. The molecule has 0 fully saturated rings. The number of nitrogen functional groups attached to an aromatic ring is 1. The topological polar surface area (TPSA) is 73.8 Å². The van der Waals surface area contributed by atoms with Crippen molar-refractivity contribution in [2.75, 3.05) is 5.73 Å². The number of rotatable bonds is 2. The summed E-state index contributed by atoms with van der Waals surface area (Å²) >= 11 is 7.21. The molecular formula is C10H11ClN4OS. The summed E-state index contributed by atoms with van der Waals surface area (Å²) in [5.74, 6) is 0. The maximum Gasteiger partial charge on any atom is 0.278 e. The zero-order valence-electron chi connectivity index (χ0n) is 9.40. The minimum atomic E-state index is -0.337. The summed E-state index contributed by atoms with van der Waals surface area (Å²) in [5.41, 5.74) is 6.14. The van der Waals surface area contributed by atoms with E-state index in [1.165, 1.54) is 10.9 Å². The lowest BCUT2D eigenvalue weighted by molar-refractivity contribution is 0.733. The average molecular weight is 271 g/mol. The van der Waals surface area contributed by atoms with Crippen molar-refractivity contribution in [1.29, 1.82) is 0 Å². The van der Waals surface area contributed by atoms with Crippen LogP contribution in [0, 0.1) is 13.8 Å². The van der Waals surface area contributed by atoms with Crippen LogP contribution in [0.4, 0.5) is 5.69 Å².